The Bertz CT molecular complexity index is 708. The van der Waals surface area contributed by atoms with Crippen LogP contribution in [-0.2, 0) is 22.6 Å². The maximum Gasteiger partial charge on any atom is 0.242 e. The average Bonchev–Trinajstić information content (AvgIpc) is 3.17. The Kier molecular flexibility index (Phi) is 7.92. The van der Waals surface area contributed by atoms with Crippen molar-refractivity contribution in [3.63, 3.8) is 0 Å². The summed E-state index contributed by atoms with van der Waals surface area (Å²) in [5.74, 6) is 1.42. The molecule has 0 fully saturated rings. The highest BCUT2D eigenvalue weighted by molar-refractivity contribution is 5.87. The predicted octanol–water partition coefficient (Wildman–Crippen LogP) is 3.07. The molecule has 0 saturated heterocycles. The van der Waals surface area contributed by atoms with E-state index in [0.29, 0.717) is 31.6 Å². The average molecular weight is 372 g/mol. The number of nitrogens with one attached hydrogen (secondary N) is 2. The first-order valence-electron chi connectivity index (χ1n) is 9.20. The van der Waals surface area contributed by atoms with Gasteiger partial charge >= 0.3 is 0 Å². The lowest BCUT2D eigenvalue weighted by Gasteiger charge is -2.20. The normalized spacial score (nSPS) is 11.9. The summed E-state index contributed by atoms with van der Waals surface area (Å²) < 4.78 is 10.3. The molecular formula is C21H28N2O4. The van der Waals surface area contributed by atoms with Crippen molar-refractivity contribution in [2.45, 2.75) is 45.7 Å². The van der Waals surface area contributed by atoms with Gasteiger partial charge in [0.2, 0.25) is 11.8 Å². The number of aryl methyl sites for hydroxylation is 1. The van der Waals surface area contributed by atoms with Crippen molar-refractivity contribution in [2.75, 3.05) is 7.11 Å². The molecule has 2 aromatic rings. The van der Waals surface area contributed by atoms with Crippen LogP contribution >= 0.6 is 0 Å². The van der Waals surface area contributed by atoms with Crippen LogP contribution in [0.4, 0.5) is 0 Å². The van der Waals surface area contributed by atoms with Crippen molar-refractivity contribution >= 4 is 11.8 Å². The minimum absolute atomic E-state index is 0.135. The van der Waals surface area contributed by atoms with Gasteiger partial charge in [-0.25, -0.2) is 0 Å². The number of methoxy groups -OCH3 is 1. The van der Waals surface area contributed by atoms with Gasteiger partial charge in [0.1, 0.15) is 17.6 Å². The first-order chi connectivity index (χ1) is 13.0. The van der Waals surface area contributed by atoms with Crippen LogP contribution in [-0.4, -0.2) is 25.0 Å². The molecule has 2 amide bonds. The highest BCUT2D eigenvalue weighted by Gasteiger charge is 2.21. The lowest BCUT2D eigenvalue weighted by Crippen LogP contribution is -2.47. The molecular weight excluding hydrogens is 344 g/mol. The topological polar surface area (TPSA) is 80.6 Å². The van der Waals surface area contributed by atoms with Crippen molar-refractivity contribution in [2.24, 2.45) is 5.92 Å². The van der Waals surface area contributed by atoms with E-state index in [0.717, 1.165) is 11.3 Å². The van der Waals surface area contributed by atoms with E-state index >= 15 is 0 Å². The Morgan fingerprint density at radius 3 is 2.48 bits per heavy atom. The minimum Gasteiger partial charge on any atom is -0.497 e. The van der Waals surface area contributed by atoms with E-state index < -0.39 is 6.04 Å². The number of rotatable bonds is 10. The molecule has 146 valence electrons. The third kappa shape index (κ3) is 7.17. The van der Waals surface area contributed by atoms with E-state index in [9.17, 15) is 9.59 Å². The van der Waals surface area contributed by atoms with Gasteiger partial charge in [0, 0.05) is 6.42 Å². The van der Waals surface area contributed by atoms with Crippen molar-refractivity contribution in [3.8, 4) is 5.75 Å². The number of amides is 2. The quantitative estimate of drug-likeness (QED) is 0.672. The summed E-state index contributed by atoms with van der Waals surface area (Å²) in [5, 5.41) is 5.69. The summed E-state index contributed by atoms with van der Waals surface area (Å²) in [6.45, 7) is 4.36. The Morgan fingerprint density at radius 1 is 1.15 bits per heavy atom. The Hall–Kier alpha value is -2.76. The molecule has 0 unspecified atom stereocenters. The molecule has 0 aliphatic rings. The monoisotopic (exact) mass is 372 g/mol. The van der Waals surface area contributed by atoms with E-state index in [1.54, 1.807) is 25.5 Å². The number of ether oxygens (including phenoxy) is 1. The largest absolute Gasteiger partial charge is 0.497 e. The lowest BCUT2D eigenvalue weighted by atomic mass is 10.0. The third-order valence-corrected chi connectivity index (χ3v) is 4.18. The van der Waals surface area contributed by atoms with Crippen LogP contribution in [0.2, 0.25) is 0 Å². The lowest BCUT2D eigenvalue weighted by molar-refractivity contribution is -0.129. The molecule has 1 heterocycles. The van der Waals surface area contributed by atoms with E-state index in [1.165, 1.54) is 0 Å². The molecule has 6 nitrogen and oxygen atoms in total. The summed E-state index contributed by atoms with van der Waals surface area (Å²) in [4.78, 5) is 24.8. The van der Waals surface area contributed by atoms with Gasteiger partial charge in [-0.2, -0.15) is 0 Å². The molecule has 2 rings (SSSR count). The highest BCUT2D eigenvalue weighted by Crippen LogP contribution is 2.13. The van der Waals surface area contributed by atoms with Crippen molar-refractivity contribution in [1.82, 2.24) is 10.6 Å². The van der Waals surface area contributed by atoms with E-state index in [4.69, 9.17) is 9.15 Å². The zero-order valence-electron chi connectivity index (χ0n) is 16.2. The molecule has 0 radical (unpaired) electrons. The van der Waals surface area contributed by atoms with Crippen LogP contribution in [0.25, 0.3) is 0 Å². The molecule has 1 atom stereocenters. The number of carbonyl (C=O) groups excluding carboxylic acids is 2. The first-order valence-corrected chi connectivity index (χ1v) is 9.20. The van der Waals surface area contributed by atoms with Gasteiger partial charge in [0.25, 0.3) is 0 Å². The zero-order valence-corrected chi connectivity index (χ0v) is 16.2. The van der Waals surface area contributed by atoms with Gasteiger partial charge < -0.3 is 19.8 Å². The Balaban J connectivity index is 1.85. The van der Waals surface area contributed by atoms with Crippen LogP contribution in [0.3, 0.4) is 0 Å². The van der Waals surface area contributed by atoms with Crippen LogP contribution in [0.15, 0.2) is 47.1 Å². The number of hydrogen-bond acceptors (Lipinski definition) is 4. The summed E-state index contributed by atoms with van der Waals surface area (Å²) in [6.07, 6.45) is 3.08. The zero-order chi connectivity index (χ0) is 19.6. The van der Waals surface area contributed by atoms with Gasteiger partial charge in [0.15, 0.2) is 0 Å². The molecule has 0 saturated carbocycles. The second-order valence-electron chi connectivity index (χ2n) is 6.89. The molecule has 0 spiro atoms. The molecule has 0 bridgehead atoms. The third-order valence-electron chi connectivity index (χ3n) is 4.18. The molecule has 6 heteroatoms. The summed E-state index contributed by atoms with van der Waals surface area (Å²) >= 11 is 0. The smallest absolute Gasteiger partial charge is 0.242 e. The maximum absolute atomic E-state index is 12.5. The fourth-order valence-corrected chi connectivity index (χ4v) is 2.73. The maximum atomic E-state index is 12.5. The number of furan rings is 1. The molecule has 27 heavy (non-hydrogen) atoms. The summed E-state index contributed by atoms with van der Waals surface area (Å²) in [5.41, 5.74) is 1.05. The summed E-state index contributed by atoms with van der Waals surface area (Å²) in [7, 11) is 1.62. The van der Waals surface area contributed by atoms with Gasteiger partial charge in [-0.15, -0.1) is 0 Å². The van der Waals surface area contributed by atoms with Gasteiger partial charge in [0.05, 0.1) is 19.9 Å². The van der Waals surface area contributed by atoms with Gasteiger partial charge in [-0.05, 0) is 48.6 Å². The van der Waals surface area contributed by atoms with Crippen LogP contribution < -0.4 is 15.4 Å². The number of benzene rings is 1. The Morgan fingerprint density at radius 2 is 1.89 bits per heavy atom. The standard InChI is InChI=1S/C21H28N2O4/c1-15(2)13-19(21(25)22-14-18-5-4-12-27-18)23-20(24)11-8-16-6-9-17(26-3)10-7-16/h4-7,9-10,12,15,19H,8,11,13-14H2,1-3H3,(H,22,25)(H,23,24)/t19-/m0/s1. The summed E-state index contributed by atoms with van der Waals surface area (Å²) in [6, 6.07) is 10.6. The fraction of sp³-hybridized carbons (Fsp3) is 0.429. The SMILES string of the molecule is COc1ccc(CCC(=O)N[C@@H](CC(C)C)C(=O)NCc2ccco2)cc1. The number of hydrogen-bond donors (Lipinski definition) is 2. The molecule has 0 aliphatic carbocycles. The molecule has 0 aliphatic heterocycles. The van der Waals surface area contributed by atoms with Crippen LogP contribution in [0, 0.1) is 5.92 Å². The van der Waals surface area contributed by atoms with Crippen molar-refractivity contribution in [1.29, 1.82) is 0 Å². The minimum atomic E-state index is -0.552. The van der Waals surface area contributed by atoms with E-state index in [2.05, 4.69) is 10.6 Å². The second kappa shape index (κ2) is 10.4. The first kappa shape index (κ1) is 20.6. The second-order valence-corrected chi connectivity index (χ2v) is 6.89. The molecule has 2 N–H and O–H groups in total. The highest BCUT2D eigenvalue weighted by atomic mass is 16.5. The van der Waals surface area contributed by atoms with Crippen LogP contribution in [0.5, 0.6) is 5.75 Å². The van der Waals surface area contributed by atoms with Crippen molar-refractivity contribution in [3.05, 3.63) is 54.0 Å². The van der Waals surface area contributed by atoms with Gasteiger partial charge in [-0.3, -0.25) is 9.59 Å². The molecule has 1 aromatic carbocycles. The predicted molar refractivity (Wildman–Crippen MR) is 103 cm³/mol. The van der Waals surface area contributed by atoms with E-state index in [-0.39, 0.29) is 17.7 Å². The van der Waals surface area contributed by atoms with E-state index in [1.807, 2.05) is 38.1 Å². The van der Waals surface area contributed by atoms with Gasteiger partial charge in [-0.1, -0.05) is 26.0 Å². The van der Waals surface area contributed by atoms with Crippen molar-refractivity contribution < 1.29 is 18.7 Å². The Labute approximate surface area is 160 Å². The fourth-order valence-electron chi connectivity index (χ4n) is 2.73. The number of carbonyl (C=O) groups is 2. The molecule has 1 aromatic heterocycles. The van der Waals surface area contributed by atoms with Crippen LogP contribution in [0.1, 0.15) is 38.0 Å².